The predicted molar refractivity (Wildman–Crippen MR) is 63.8 cm³/mol. The van der Waals surface area contributed by atoms with Crippen LogP contribution in [0, 0.1) is 0 Å². The van der Waals surface area contributed by atoms with Crippen LogP contribution in [0.15, 0.2) is 35.9 Å². The van der Waals surface area contributed by atoms with Crippen LogP contribution in [0.1, 0.15) is 24.8 Å². The molecule has 16 heavy (non-hydrogen) atoms. The molecule has 2 saturated heterocycles. The van der Waals surface area contributed by atoms with Crippen LogP contribution in [0.25, 0.3) is 6.08 Å². The highest BCUT2D eigenvalue weighted by Crippen LogP contribution is 2.34. The summed E-state index contributed by atoms with van der Waals surface area (Å²) in [5.74, 6) is 0.310. The number of fused-ring (bicyclic) bond motifs is 1. The molecule has 2 aliphatic heterocycles. The molecule has 3 rings (SSSR count). The second-order valence-electron chi connectivity index (χ2n) is 4.55. The Bertz CT molecular complexity index is 435. The third kappa shape index (κ3) is 1.54. The van der Waals surface area contributed by atoms with E-state index in [9.17, 15) is 4.79 Å². The summed E-state index contributed by atoms with van der Waals surface area (Å²) >= 11 is 0. The standard InChI is InChI=1S/C14H15NO/c16-14-10-12(13-7-4-8-15(13)14)9-11-5-2-1-3-6-11/h1-3,5-6,9,13H,4,7-8,10H2/b12-9-. The van der Waals surface area contributed by atoms with Gasteiger partial charge in [0.25, 0.3) is 0 Å². The molecule has 1 aromatic carbocycles. The van der Waals surface area contributed by atoms with Crippen molar-refractivity contribution in [3.05, 3.63) is 41.5 Å². The maximum absolute atomic E-state index is 11.7. The molecule has 0 radical (unpaired) electrons. The van der Waals surface area contributed by atoms with E-state index >= 15 is 0 Å². The zero-order chi connectivity index (χ0) is 11.0. The van der Waals surface area contributed by atoms with Crippen molar-refractivity contribution >= 4 is 12.0 Å². The van der Waals surface area contributed by atoms with Crippen LogP contribution in [0.5, 0.6) is 0 Å². The Labute approximate surface area is 95.6 Å². The highest BCUT2D eigenvalue weighted by Gasteiger charge is 2.37. The van der Waals surface area contributed by atoms with Gasteiger partial charge in [-0.15, -0.1) is 0 Å². The van der Waals surface area contributed by atoms with Crippen LogP contribution in [0.3, 0.4) is 0 Å². The Morgan fingerprint density at radius 2 is 2.06 bits per heavy atom. The summed E-state index contributed by atoms with van der Waals surface area (Å²) in [5, 5.41) is 0. The summed E-state index contributed by atoms with van der Waals surface area (Å²) in [6, 6.07) is 10.7. The summed E-state index contributed by atoms with van der Waals surface area (Å²) < 4.78 is 0. The zero-order valence-corrected chi connectivity index (χ0v) is 9.23. The van der Waals surface area contributed by atoms with Crippen LogP contribution in [0.2, 0.25) is 0 Å². The first-order valence-corrected chi connectivity index (χ1v) is 5.89. The minimum absolute atomic E-state index is 0.310. The van der Waals surface area contributed by atoms with Gasteiger partial charge in [0.1, 0.15) is 0 Å². The zero-order valence-electron chi connectivity index (χ0n) is 9.23. The molecule has 2 fully saturated rings. The smallest absolute Gasteiger partial charge is 0.227 e. The van der Waals surface area contributed by atoms with Gasteiger partial charge in [-0.3, -0.25) is 4.79 Å². The summed E-state index contributed by atoms with van der Waals surface area (Å²) in [6.07, 6.45) is 5.11. The number of hydrogen-bond donors (Lipinski definition) is 0. The molecule has 1 amide bonds. The SMILES string of the molecule is O=C1C/C(=C/c2ccccc2)C2CCCN12. The van der Waals surface area contributed by atoms with Crippen molar-refractivity contribution < 1.29 is 4.79 Å². The first-order chi connectivity index (χ1) is 7.84. The number of hydrogen-bond acceptors (Lipinski definition) is 1. The van der Waals surface area contributed by atoms with Gasteiger partial charge in [-0.2, -0.15) is 0 Å². The van der Waals surface area contributed by atoms with Crippen LogP contribution in [0.4, 0.5) is 0 Å². The molecular formula is C14H15NO. The third-order valence-electron chi connectivity index (χ3n) is 3.51. The molecular weight excluding hydrogens is 198 g/mol. The summed E-state index contributed by atoms with van der Waals surface area (Å²) in [5.41, 5.74) is 2.51. The quantitative estimate of drug-likeness (QED) is 0.701. The fraction of sp³-hybridized carbons (Fsp3) is 0.357. The van der Waals surface area contributed by atoms with E-state index in [2.05, 4.69) is 18.2 Å². The van der Waals surface area contributed by atoms with E-state index < -0.39 is 0 Å². The molecule has 0 N–H and O–H groups in total. The monoisotopic (exact) mass is 213 g/mol. The summed E-state index contributed by atoms with van der Waals surface area (Å²) in [4.78, 5) is 13.8. The van der Waals surface area contributed by atoms with Crippen LogP contribution < -0.4 is 0 Å². The maximum atomic E-state index is 11.7. The van der Waals surface area contributed by atoms with Gasteiger partial charge < -0.3 is 4.90 Å². The van der Waals surface area contributed by atoms with Crippen molar-refractivity contribution in [2.75, 3.05) is 6.54 Å². The molecule has 0 aliphatic carbocycles. The van der Waals surface area contributed by atoms with Crippen molar-refractivity contribution in [2.45, 2.75) is 25.3 Å². The van der Waals surface area contributed by atoms with Crippen molar-refractivity contribution in [2.24, 2.45) is 0 Å². The lowest BCUT2D eigenvalue weighted by Gasteiger charge is -2.14. The number of nitrogens with zero attached hydrogens (tertiary/aromatic N) is 1. The summed E-state index contributed by atoms with van der Waals surface area (Å²) in [7, 11) is 0. The molecule has 2 aliphatic rings. The second-order valence-corrected chi connectivity index (χ2v) is 4.55. The van der Waals surface area contributed by atoms with Crippen molar-refractivity contribution in [1.82, 2.24) is 4.90 Å². The Morgan fingerprint density at radius 1 is 1.25 bits per heavy atom. The molecule has 2 heteroatoms. The first-order valence-electron chi connectivity index (χ1n) is 5.89. The van der Waals surface area contributed by atoms with E-state index in [-0.39, 0.29) is 0 Å². The number of rotatable bonds is 1. The van der Waals surface area contributed by atoms with E-state index in [1.807, 2.05) is 23.1 Å². The second kappa shape index (κ2) is 3.78. The average molecular weight is 213 g/mol. The topological polar surface area (TPSA) is 20.3 Å². The van der Waals surface area contributed by atoms with Crippen LogP contribution in [-0.2, 0) is 4.79 Å². The molecule has 2 nitrogen and oxygen atoms in total. The Kier molecular flexibility index (Phi) is 2.28. The average Bonchev–Trinajstić information content (AvgIpc) is 2.87. The molecule has 1 atom stereocenters. The van der Waals surface area contributed by atoms with Crippen molar-refractivity contribution in [3.8, 4) is 0 Å². The van der Waals surface area contributed by atoms with E-state index in [4.69, 9.17) is 0 Å². The fourth-order valence-electron chi connectivity index (χ4n) is 2.76. The van der Waals surface area contributed by atoms with Gasteiger partial charge in [0.05, 0.1) is 12.5 Å². The highest BCUT2D eigenvalue weighted by molar-refractivity contribution is 5.85. The fourth-order valence-corrected chi connectivity index (χ4v) is 2.76. The van der Waals surface area contributed by atoms with E-state index in [0.29, 0.717) is 18.4 Å². The number of amides is 1. The van der Waals surface area contributed by atoms with Gasteiger partial charge in [-0.25, -0.2) is 0 Å². The van der Waals surface area contributed by atoms with E-state index in [0.717, 1.165) is 19.4 Å². The molecule has 0 spiro atoms. The van der Waals surface area contributed by atoms with Gasteiger partial charge in [-0.05, 0) is 24.0 Å². The Morgan fingerprint density at radius 3 is 2.88 bits per heavy atom. The Balaban J connectivity index is 1.91. The number of carbonyl (C=O) groups is 1. The normalized spacial score (nSPS) is 26.5. The van der Waals surface area contributed by atoms with Gasteiger partial charge in [0.2, 0.25) is 5.91 Å². The van der Waals surface area contributed by atoms with Gasteiger partial charge in [-0.1, -0.05) is 36.4 Å². The molecule has 0 saturated carbocycles. The van der Waals surface area contributed by atoms with E-state index in [1.165, 1.54) is 11.1 Å². The Hall–Kier alpha value is -1.57. The minimum Gasteiger partial charge on any atom is -0.336 e. The molecule has 1 unspecified atom stereocenters. The lowest BCUT2D eigenvalue weighted by atomic mass is 10.0. The van der Waals surface area contributed by atoms with Gasteiger partial charge in [0, 0.05) is 6.54 Å². The van der Waals surface area contributed by atoms with Gasteiger partial charge >= 0.3 is 0 Å². The minimum atomic E-state index is 0.310. The highest BCUT2D eigenvalue weighted by atomic mass is 16.2. The molecule has 0 aromatic heterocycles. The molecule has 0 bridgehead atoms. The summed E-state index contributed by atoms with van der Waals surface area (Å²) in [6.45, 7) is 0.954. The molecule has 2 heterocycles. The van der Waals surface area contributed by atoms with Crippen molar-refractivity contribution in [3.63, 3.8) is 0 Å². The lowest BCUT2D eigenvalue weighted by molar-refractivity contribution is -0.127. The first kappa shape index (κ1) is 9.64. The van der Waals surface area contributed by atoms with Crippen molar-refractivity contribution in [1.29, 1.82) is 0 Å². The lowest BCUT2D eigenvalue weighted by Crippen LogP contribution is -2.26. The third-order valence-corrected chi connectivity index (χ3v) is 3.51. The molecule has 1 aromatic rings. The van der Waals surface area contributed by atoms with Crippen LogP contribution >= 0.6 is 0 Å². The largest absolute Gasteiger partial charge is 0.336 e. The van der Waals surface area contributed by atoms with Crippen LogP contribution in [-0.4, -0.2) is 23.4 Å². The van der Waals surface area contributed by atoms with Gasteiger partial charge in [0.15, 0.2) is 0 Å². The number of benzene rings is 1. The predicted octanol–water partition coefficient (Wildman–Crippen LogP) is 2.46. The molecule has 82 valence electrons. The van der Waals surface area contributed by atoms with E-state index in [1.54, 1.807) is 0 Å². The maximum Gasteiger partial charge on any atom is 0.227 e. The number of carbonyl (C=O) groups excluding carboxylic acids is 1.